The zero-order valence-corrected chi connectivity index (χ0v) is 13.7. The number of halogens is 2. The third-order valence-corrected chi connectivity index (χ3v) is 3.44. The third-order valence-electron chi connectivity index (χ3n) is 3.22. The van der Waals surface area contributed by atoms with Crippen molar-refractivity contribution < 1.29 is 13.5 Å². The lowest BCUT2D eigenvalue weighted by atomic mass is 9.88. The van der Waals surface area contributed by atoms with Crippen LogP contribution in [0.15, 0.2) is 18.2 Å². The molecule has 22 heavy (non-hydrogen) atoms. The van der Waals surface area contributed by atoms with Crippen LogP contribution in [0.2, 0.25) is 0 Å². The normalized spacial score (nSPS) is 12.5. The molecule has 4 nitrogen and oxygen atoms in total. The summed E-state index contributed by atoms with van der Waals surface area (Å²) in [5.74, 6) is -0.186. The van der Waals surface area contributed by atoms with E-state index in [1.165, 1.54) is 12.1 Å². The molecule has 0 amide bonds. The smallest absolute Gasteiger partial charge is 0.387 e. The van der Waals surface area contributed by atoms with Crippen molar-refractivity contribution in [3.05, 3.63) is 23.8 Å². The highest BCUT2D eigenvalue weighted by atomic mass is 32.1. The van der Waals surface area contributed by atoms with Gasteiger partial charge in [0.25, 0.3) is 0 Å². The van der Waals surface area contributed by atoms with E-state index in [1.807, 2.05) is 6.92 Å². The maximum atomic E-state index is 12.3. The van der Waals surface area contributed by atoms with Gasteiger partial charge in [0.05, 0.1) is 5.56 Å². The van der Waals surface area contributed by atoms with Crippen molar-refractivity contribution in [2.24, 2.45) is 5.41 Å². The molecule has 0 heterocycles. The minimum absolute atomic E-state index is 0.0142. The topological polar surface area (TPSA) is 57.1 Å². The Kier molecular flexibility index (Phi) is 6.06. The molecule has 1 aromatic carbocycles. The summed E-state index contributed by atoms with van der Waals surface area (Å²) < 4.78 is 29.0. The van der Waals surface area contributed by atoms with Crippen LogP contribution in [-0.2, 0) is 0 Å². The van der Waals surface area contributed by atoms with Crippen LogP contribution in [-0.4, -0.2) is 17.8 Å². The van der Waals surface area contributed by atoms with Crippen LogP contribution in [0.5, 0.6) is 5.75 Å². The highest BCUT2D eigenvalue weighted by Gasteiger charge is 2.20. The summed E-state index contributed by atoms with van der Waals surface area (Å²) in [6, 6.07) is 6.21. The lowest BCUT2D eigenvalue weighted by molar-refractivity contribution is -0.0499. The molecule has 0 spiro atoms. The molecule has 7 heteroatoms. The van der Waals surface area contributed by atoms with Gasteiger partial charge in [-0.25, -0.2) is 0 Å². The second-order valence-electron chi connectivity index (χ2n) is 5.89. The number of rotatable bonds is 4. The molecule has 0 unspecified atom stereocenters. The van der Waals surface area contributed by atoms with Crippen molar-refractivity contribution in [2.75, 3.05) is 5.32 Å². The first-order valence-electron chi connectivity index (χ1n) is 6.70. The predicted octanol–water partition coefficient (Wildman–Crippen LogP) is 3.88. The van der Waals surface area contributed by atoms with E-state index in [9.17, 15) is 8.78 Å². The molecule has 1 rings (SSSR count). The quantitative estimate of drug-likeness (QED) is 0.822. The first kappa shape index (κ1) is 18.1. The van der Waals surface area contributed by atoms with Crippen molar-refractivity contribution >= 4 is 23.0 Å². The number of hydrogen-bond donors (Lipinski definition) is 2. The number of nitriles is 1. The van der Waals surface area contributed by atoms with Gasteiger partial charge in [0.15, 0.2) is 5.11 Å². The molecule has 0 aromatic heterocycles. The van der Waals surface area contributed by atoms with Gasteiger partial charge in [-0.05, 0) is 36.7 Å². The van der Waals surface area contributed by atoms with Crippen LogP contribution in [0.25, 0.3) is 0 Å². The average Bonchev–Trinajstić information content (AvgIpc) is 2.37. The van der Waals surface area contributed by atoms with Gasteiger partial charge in [-0.3, -0.25) is 0 Å². The van der Waals surface area contributed by atoms with Gasteiger partial charge in [0, 0.05) is 17.8 Å². The standard InChI is InChI=1S/C15H19F2N3OS/c1-9(15(2,3)4)19-14(22)20-11-6-5-10(8-18)12(7-11)21-13(16)17/h5-7,9,13H,1-4H3,(H2,19,20,22)/t9-/m0/s1. The van der Waals surface area contributed by atoms with Gasteiger partial charge in [0.2, 0.25) is 0 Å². The van der Waals surface area contributed by atoms with Crippen LogP contribution in [0, 0.1) is 16.7 Å². The molecule has 0 saturated heterocycles. The Hall–Kier alpha value is -1.94. The Bertz CT molecular complexity index is 579. The summed E-state index contributed by atoms with van der Waals surface area (Å²) in [7, 11) is 0. The molecule has 0 bridgehead atoms. The Morgan fingerprint density at radius 3 is 2.50 bits per heavy atom. The van der Waals surface area contributed by atoms with Crippen molar-refractivity contribution in [2.45, 2.75) is 40.3 Å². The minimum Gasteiger partial charge on any atom is -0.433 e. The summed E-state index contributed by atoms with van der Waals surface area (Å²) in [6.45, 7) is 5.22. The summed E-state index contributed by atoms with van der Waals surface area (Å²) in [5, 5.41) is 15.3. The fraction of sp³-hybridized carbons (Fsp3) is 0.467. The van der Waals surface area contributed by atoms with E-state index in [2.05, 4.69) is 36.1 Å². The molecule has 0 aliphatic carbocycles. The van der Waals surface area contributed by atoms with Gasteiger partial charge in [-0.1, -0.05) is 20.8 Å². The van der Waals surface area contributed by atoms with Gasteiger partial charge in [-0.15, -0.1) is 0 Å². The predicted molar refractivity (Wildman–Crippen MR) is 86.1 cm³/mol. The fourth-order valence-electron chi connectivity index (χ4n) is 1.47. The Balaban J connectivity index is 2.82. The lowest BCUT2D eigenvalue weighted by Crippen LogP contribution is -2.43. The summed E-state index contributed by atoms with van der Waals surface area (Å²) in [6.07, 6.45) is 0. The van der Waals surface area contributed by atoms with Crippen molar-refractivity contribution in [1.82, 2.24) is 5.32 Å². The largest absolute Gasteiger partial charge is 0.433 e. The number of benzene rings is 1. The van der Waals surface area contributed by atoms with Crippen LogP contribution in [0.4, 0.5) is 14.5 Å². The maximum Gasteiger partial charge on any atom is 0.387 e. The van der Waals surface area contributed by atoms with E-state index in [4.69, 9.17) is 17.5 Å². The fourth-order valence-corrected chi connectivity index (χ4v) is 1.76. The summed E-state index contributed by atoms with van der Waals surface area (Å²) in [5.41, 5.74) is 0.515. The molecule has 0 aliphatic heterocycles. The lowest BCUT2D eigenvalue weighted by Gasteiger charge is -2.29. The highest BCUT2D eigenvalue weighted by Crippen LogP contribution is 2.25. The molecule has 0 saturated carbocycles. The zero-order valence-electron chi connectivity index (χ0n) is 12.9. The van der Waals surface area contributed by atoms with Crippen LogP contribution >= 0.6 is 12.2 Å². The Morgan fingerprint density at radius 1 is 1.36 bits per heavy atom. The average molecular weight is 327 g/mol. The summed E-state index contributed by atoms with van der Waals surface area (Å²) >= 11 is 5.20. The molecule has 120 valence electrons. The molecule has 0 fully saturated rings. The van der Waals surface area contributed by atoms with E-state index in [0.717, 1.165) is 0 Å². The van der Waals surface area contributed by atoms with E-state index in [0.29, 0.717) is 10.8 Å². The van der Waals surface area contributed by atoms with E-state index >= 15 is 0 Å². The van der Waals surface area contributed by atoms with Crippen LogP contribution in [0.3, 0.4) is 0 Å². The Labute approximate surface area is 134 Å². The molecular weight excluding hydrogens is 308 g/mol. The molecule has 1 aromatic rings. The van der Waals surface area contributed by atoms with Gasteiger partial charge >= 0.3 is 6.61 Å². The van der Waals surface area contributed by atoms with Crippen molar-refractivity contribution in [3.8, 4) is 11.8 Å². The second kappa shape index (κ2) is 7.36. The van der Waals surface area contributed by atoms with Gasteiger partial charge in [0.1, 0.15) is 11.8 Å². The zero-order chi connectivity index (χ0) is 16.9. The molecule has 0 aliphatic rings. The van der Waals surface area contributed by atoms with Gasteiger partial charge in [-0.2, -0.15) is 14.0 Å². The summed E-state index contributed by atoms with van der Waals surface area (Å²) in [4.78, 5) is 0. The maximum absolute atomic E-state index is 12.3. The minimum atomic E-state index is -2.99. The number of nitrogens with zero attached hydrogens (tertiary/aromatic N) is 1. The van der Waals surface area contributed by atoms with Crippen LogP contribution in [0.1, 0.15) is 33.3 Å². The molecule has 0 radical (unpaired) electrons. The molecule has 1 atom stereocenters. The molecule has 2 N–H and O–H groups in total. The van der Waals surface area contributed by atoms with E-state index < -0.39 is 6.61 Å². The second-order valence-corrected chi connectivity index (χ2v) is 6.30. The molecular formula is C15H19F2N3OS. The SMILES string of the molecule is C[C@H](NC(=S)Nc1ccc(C#N)c(OC(F)F)c1)C(C)(C)C. The number of hydrogen-bond acceptors (Lipinski definition) is 3. The highest BCUT2D eigenvalue weighted by molar-refractivity contribution is 7.80. The van der Waals surface area contributed by atoms with E-state index in [1.54, 1.807) is 12.1 Å². The number of nitrogens with one attached hydrogen (secondary N) is 2. The monoisotopic (exact) mass is 327 g/mol. The van der Waals surface area contributed by atoms with Crippen molar-refractivity contribution in [3.63, 3.8) is 0 Å². The number of alkyl halides is 2. The Morgan fingerprint density at radius 2 is 2.00 bits per heavy atom. The number of thiocarbonyl (C=S) groups is 1. The van der Waals surface area contributed by atoms with Gasteiger partial charge < -0.3 is 15.4 Å². The third kappa shape index (κ3) is 5.45. The van der Waals surface area contributed by atoms with Crippen LogP contribution < -0.4 is 15.4 Å². The number of ether oxygens (including phenoxy) is 1. The first-order chi connectivity index (χ1) is 10.1. The first-order valence-corrected chi connectivity index (χ1v) is 7.10. The number of anilines is 1. The van der Waals surface area contributed by atoms with Crippen molar-refractivity contribution in [1.29, 1.82) is 5.26 Å². The van der Waals surface area contributed by atoms with E-state index in [-0.39, 0.29) is 22.8 Å².